The molecule has 19 heavy (non-hydrogen) atoms. The van der Waals surface area contributed by atoms with Crippen molar-refractivity contribution in [1.82, 2.24) is 10.4 Å². The summed E-state index contributed by atoms with van der Waals surface area (Å²) in [5.74, 6) is -0.130. The van der Waals surface area contributed by atoms with Gasteiger partial charge in [-0.05, 0) is 48.9 Å². The average molecular weight is 255 g/mol. The number of phenolic OH excluding ortho intramolecular Hbond substituents is 1. The van der Waals surface area contributed by atoms with Crippen LogP contribution in [0, 0.1) is 6.92 Å². The minimum absolute atomic E-state index is 0.187. The Balaban J connectivity index is 1.96. The van der Waals surface area contributed by atoms with E-state index >= 15 is 0 Å². The number of benzene rings is 1. The molecule has 0 fully saturated rings. The SMILES string of the molecule is Cc1ccc(C(=O)N/N=C/c2ccc(O)cc2)cn1. The standard InChI is InChI=1S/C14H13N3O2/c1-10-2-5-12(9-15-10)14(19)17-16-8-11-3-6-13(18)7-4-11/h2-9,18H,1H3,(H,17,19)/b16-8+. The van der Waals surface area contributed by atoms with Gasteiger partial charge in [0.25, 0.3) is 5.91 Å². The molecule has 2 aromatic rings. The Hall–Kier alpha value is -2.69. The summed E-state index contributed by atoms with van der Waals surface area (Å²) < 4.78 is 0. The summed E-state index contributed by atoms with van der Waals surface area (Å²) in [6.07, 6.45) is 3.00. The third kappa shape index (κ3) is 3.64. The second-order valence-corrected chi connectivity index (χ2v) is 3.98. The van der Waals surface area contributed by atoms with Gasteiger partial charge < -0.3 is 5.11 Å². The number of phenols is 1. The number of hydrogen-bond donors (Lipinski definition) is 2. The third-order valence-electron chi connectivity index (χ3n) is 2.45. The second kappa shape index (κ2) is 5.77. The molecule has 2 rings (SSSR count). The van der Waals surface area contributed by atoms with Crippen molar-refractivity contribution in [1.29, 1.82) is 0 Å². The Morgan fingerprint density at radius 1 is 1.26 bits per heavy atom. The number of pyridine rings is 1. The van der Waals surface area contributed by atoms with Crippen LogP contribution in [0.4, 0.5) is 0 Å². The summed E-state index contributed by atoms with van der Waals surface area (Å²) in [6.45, 7) is 1.85. The minimum atomic E-state index is -0.317. The molecule has 0 radical (unpaired) electrons. The third-order valence-corrected chi connectivity index (χ3v) is 2.45. The van der Waals surface area contributed by atoms with Gasteiger partial charge >= 0.3 is 0 Å². The van der Waals surface area contributed by atoms with Crippen molar-refractivity contribution >= 4 is 12.1 Å². The highest BCUT2D eigenvalue weighted by Gasteiger charge is 2.03. The van der Waals surface area contributed by atoms with Crippen LogP contribution >= 0.6 is 0 Å². The van der Waals surface area contributed by atoms with Crippen LogP contribution < -0.4 is 5.43 Å². The van der Waals surface area contributed by atoms with Crippen molar-refractivity contribution in [3.8, 4) is 5.75 Å². The van der Waals surface area contributed by atoms with Crippen LogP contribution in [0.1, 0.15) is 21.6 Å². The number of aromatic nitrogens is 1. The quantitative estimate of drug-likeness (QED) is 0.649. The molecule has 0 aliphatic rings. The van der Waals surface area contributed by atoms with E-state index in [0.717, 1.165) is 11.3 Å². The van der Waals surface area contributed by atoms with Gasteiger partial charge in [0.1, 0.15) is 5.75 Å². The monoisotopic (exact) mass is 255 g/mol. The molecular weight excluding hydrogens is 242 g/mol. The molecule has 96 valence electrons. The first-order valence-electron chi connectivity index (χ1n) is 5.70. The number of carbonyl (C=O) groups excluding carboxylic acids is 1. The first kappa shape index (κ1) is 12.8. The lowest BCUT2D eigenvalue weighted by molar-refractivity contribution is 0.0955. The van der Waals surface area contributed by atoms with Crippen LogP contribution in [-0.2, 0) is 0 Å². The molecule has 0 atom stereocenters. The van der Waals surface area contributed by atoms with Crippen molar-refractivity contribution < 1.29 is 9.90 Å². The molecular formula is C14H13N3O2. The highest BCUT2D eigenvalue weighted by Crippen LogP contribution is 2.07. The number of hydrazone groups is 1. The number of aryl methyl sites for hydroxylation is 1. The Morgan fingerprint density at radius 2 is 2.00 bits per heavy atom. The number of amides is 1. The Bertz CT molecular complexity index is 589. The van der Waals surface area contributed by atoms with Crippen molar-refractivity contribution in [3.05, 3.63) is 59.4 Å². The number of rotatable bonds is 3. The van der Waals surface area contributed by atoms with Crippen LogP contribution in [0.15, 0.2) is 47.7 Å². The normalized spacial score (nSPS) is 10.6. The molecule has 0 saturated heterocycles. The first-order valence-corrected chi connectivity index (χ1v) is 5.70. The molecule has 0 unspecified atom stereocenters. The molecule has 1 amide bonds. The molecule has 0 saturated carbocycles. The fourth-order valence-corrected chi connectivity index (χ4v) is 1.39. The summed E-state index contributed by atoms with van der Waals surface area (Å²) in [6, 6.07) is 9.93. The van der Waals surface area contributed by atoms with Gasteiger partial charge in [0, 0.05) is 11.9 Å². The molecule has 2 N–H and O–H groups in total. The molecule has 0 bridgehead atoms. The van der Waals surface area contributed by atoms with Gasteiger partial charge in [0.15, 0.2) is 0 Å². The lowest BCUT2D eigenvalue weighted by Gasteiger charge is -1.99. The largest absolute Gasteiger partial charge is 0.508 e. The topological polar surface area (TPSA) is 74.6 Å². The van der Waals surface area contributed by atoms with Crippen molar-refractivity contribution in [2.75, 3.05) is 0 Å². The number of nitrogens with one attached hydrogen (secondary N) is 1. The van der Waals surface area contributed by atoms with Crippen LogP contribution in [0.25, 0.3) is 0 Å². The number of aromatic hydroxyl groups is 1. The van der Waals surface area contributed by atoms with E-state index in [1.807, 2.05) is 6.92 Å². The predicted octanol–water partition coefficient (Wildman–Crippen LogP) is 1.86. The van der Waals surface area contributed by atoms with Crippen LogP contribution in [0.5, 0.6) is 5.75 Å². The van der Waals surface area contributed by atoms with E-state index in [1.54, 1.807) is 36.4 Å². The fourth-order valence-electron chi connectivity index (χ4n) is 1.39. The lowest BCUT2D eigenvalue weighted by Crippen LogP contribution is -2.17. The predicted molar refractivity (Wildman–Crippen MR) is 72.1 cm³/mol. The number of carbonyl (C=O) groups is 1. The van der Waals surface area contributed by atoms with E-state index in [-0.39, 0.29) is 11.7 Å². The zero-order valence-electron chi connectivity index (χ0n) is 10.4. The first-order chi connectivity index (χ1) is 9.15. The molecule has 5 heteroatoms. The summed E-state index contributed by atoms with van der Waals surface area (Å²) in [5, 5.41) is 13.0. The second-order valence-electron chi connectivity index (χ2n) is 3.98. The molecule has 1 aromatic heterocycles. The van der Waals surface area contributed by atoms with Crippen LogP contribution in [0.2, 0.25) is 0 Å². The van der Waals surface area contributed by atoms with Gasteiger partial charge in [-0.15, -0.1) is 0 Å². The molecule has 0 aliphatic carbocycles. The van der Waals surface area contributed by atoms with Gasteiger partial charge in [-0.3, -0.25) is 9.78 Å². The van der Waals surface area contributed by atoms with Crippen molar-refractivity contribution in [3.63, 3.8) is 0 Å². The highest BCUT2D eigenvalue weighted by atomic mass is 16.3. The van der Waals surface area contributed by atoms with Gasteiger partial charge in [-0.1, -0.05) is 0 Å². The Kier molecular flexibility index (Phi) is 3.87. The van der Waals surface area contributed by atoms with Crippen LogP contribution in [-0.4, -0.2) is 22.2 Å². The summed E-state index contributed by atoms with van der Waals surface area (Å²) in [5.41, 5.74) is 4.49. The number of hydrogen-bond acceptors (Lipinski definition) is 4. The maximum absolute atomic E-state index is 11.7. The maximum Gasteiger partial charge on any atom is 0.272 e. The van der Waals surface area contributed by atoms with Crippen molar-refractivity contribution in [2.45, 2.75) is 6.92 Å². The minimum Gasteiger partial charge on any atom is -0.508 e. The molecule has 0 aliphatic heterocycles. The summed E-state index contributed by atoms with van der Waals surface area (Å²) >= 11 is 0. The van der Waals surface area contributed by atoms with E-state index < -0.39 is 0 Å². The number of nitrogens with zero attached hydrogens (tertiary/aromatic N) is 2. The van der Waals surface area contributed by atoms with Gasteiger partial charge in [-0.25, -0.2) is 5.43 Å². The highest BCUT2D eigenvalue weighted by molar-refractivity contribution is 5.94. The molecule has 0 spiro atoms. The Labute approximate surface area is 110 Å². The van der Waals surface area contributed by atoms with E-state index in [4.69, 9.17) is 5.11 Å². The smallest absolute Gasteiger partial charge is 0.272 e. The van der Waals surface area contributed by atoms with E-state index in [1.165, 1.54) is 12.4 Å². The summed E-state index contributed by atoms with van der Waals surface area (Å²) in [7, 11) is 0. The average Bonchev–Trinajstić information content (AvgIpc) is 2.41. The van der Waals surface area contributed by atoms with Gasteiger partial charge in [-0.2, -0.15) is 5.10 Å². The molecule has 5 nitrogen and oxygen atoms in total. The van der Waals surface area contributed by atoms with E-state index in [9.17, 15) is 4.79 Å². The van der Waals surface area contributed by atoms with Crippen LogP contribution in [0.3, 0.4) is 0 Å². The molecule has 1 aromatic carbocycles. The van der Waals surface area contributed by atoms with E-state index in [2.05, 4.69) is 15.5 Å². The van der Waals surface area contributed by atoms with Crippen molar-refractivity contribution in [2.24, 2.45) is 5.10 Å². The van der Waals surface area contributed by atoms with Gasteiger partial charge in [0.2, 0.25) is 0 Å². The Morgan fingerprint density at radius 3 is 2.63 bits per heavy atom. The zero-order chi connectivity index (χ0) is 13.7. The zero-order valence-corrected chi connectivity index (χ0v) is 10.4. The fraction of sp³-hybridized carbons (Fsp3) is 0.0714. The molecule has 1 heterocycles. The summed E-state index contributed by atoms with van der Waals surface area (Å²) in [4.78, 5) is 15.7. The van der Waals surface area contributed by atoms with Gasteiger partial charge in [0.05, 0.1) is 11.8 Å². The lowest BCUT2D eigenvalue weighted by atomic mass is 10.2. The van der Waals surface area contributed by atoms with E-state index in [0.29, 0.717) is 5.56 Å². The maximum atomic E-state index is 11.7.